The summed E-state index contributed by atoms with van der Waals surface area (Å²) >= 11 is 0. The number of amides is 2. The second kappa shape index (κ2) is 11.7. The zero-order valence-electron chi connectivity index (χ0n) is 21.0. The molecule has 1 aromatic carbocycles. The molecule has 2 N–H and O–H groups in total. The Labute approximate surface area is 204 Å². The lowest BCUT2D eigenvalue weighted by atomic mass is 9.96. The number of hydrogen-bond donors (Lipinski definition) is 2. The standard InChI is InChI=1S/C26H41N7O/c1-20(2)25-30-29-21(3)33(25)32-18-16-31(17-19-32)15-14-24(22-10-6-4-7-11-22)28-26(34)27-23-12-8-5-9-13-23/h4,6-7,10-11,20,23-24H,5,8-9,12-19H2,1-3H3,(H2,27,28,34)/t24-/m0/s1. The van der Waals surface area contributed by atoms with Crippen molar-refractivity contribution in [2.75, 3.05) is 37.7 Å². The SMILES string of the molecule is Cc1nnc(C(C)C)n1N1CCN(CC[C@H](NC(=O)NC2CCCCC2)c2ccccc2)CC1. The summed E-state index contributed by atoms with van der Waals surface area (Å²) in [6.07, 6.45) is 6.80. The van der Waals surface area contributed by atoms with Crippen molar-refractivity contribution in [3.05, 3.63) is 47.5 Å². The summed E-state index contributed by atoms with van der Waals surface area (Å²) in [5.41, 5.74) is 1.17. The van der Waals surface area contributed by atoms with E-state index in [9.17, 15) is 4.79 Å². The molecule has 0 spiro atoms. The van der Waals surface area contributed by atoms with Crippen LogP contribution in [-0.4, -0.2) is 64.6 Å². The molecule has 4 rings (SSSR count). The first-order valence-corrected chi connectivity index (χ1v) is 13.0. The zero-order valence-corrected chi connectivity index (χ0v) is 21.0. The minimum absolute atomic E-state index is 0.00968. The Morgan fingerprint density at radius 1 is 1.03 bits per heavy atom. The highest BCUT2D eigenvalue weighted by Crippen LogP contribution is 2.20. The minimum atomic E-state index is -0.0325. The van der Waals surface area contributed by atoms with Crippen LogP contribution in [0.1, 0.15) is 81.5 Å². The molecule has 1 atom stereocenters. The van der Waals surface area contributed by atoms with E-state index in [-0.39, 0.29) is 12.1 Å². The van der Waals surface area contributed by atoms with Crippen LogP contribution >= 0.6 is 0 Å². The number of rotatable bonds is 8. The van der Waals surface area contributed by atoms with E-state index in [1.54, 1.807) is 0 Å². The normalized spacial score (nSPS) is 18.8. The molecule has 2 aliphatic rings. The predicted octanol–water partition coefficient (Wildman–Crippen LogP) is 3.73. The molecule has 0 bridgehead atoms. The van der Waals surface area contributed by atoms with E-state index in [0.29, 0.717) is 12.0 Å². The highest BCUT2D eigenvalue weighted by molar-refractivity contribution is 5.74. The lowest BCUT2D eigenvalue weighted by Crippen LogP contribution is -2.52. The molecule has 0 unspecified atom stereocenters. The molecule has 1 saturated heterocycles. The van der Waals surface area contributed by atoms with Crippen LogP contribution in [0.2, 0.25) is 0 Å². The van der Waals surface area contributed by atoms with Crippen molar-refractivity contribution in [3.8, 4) is 0 Å². The van der Waals surface area contributed by atoms with Crippen LogP contribution in [-0.2, 0) is 0 Å². The molecule has 2 fully saturated rings. The van der Waals surface area contributed by atoms with Gasteiger partial charge in [-0.1, -0.05) is 63.4 Å². The Kier molecular flexibility index (Phi) is 8.43. The van der Waals surface area contributed by atoms with Gasteiger partial charge in [0.2, 0.25) is 0 Å². The molecular formula is C26H41N7O. The predicted molar refractivity (Wildman–Crippen MR) is 136 cm³/mol. The molecule has 1 aliphatic carbocycles. The van der Waals surface area contributed by atoms with Gasteiger partial charge < -0.3 is 15.6 Å². The van der Waals surface area contributed by atoms with Crippen LogP contribution in [0.5, 0.6) is 0 Å². The zero-order chi connectivity index (χ0) is 23.9. The van der Waals surface area contributed by atoms with E-state index in [1.807, 2.05) is 13.0 Å². The van der Waals surface area contributed by atoms with Gasteiger partial charge in [0, 0.05) is 44.7 Å². The largest absolute Gasteiger partial charge is 0.335 e. The lowest BCUT2D eigenvalue weighted by molar-refractivity contribution is 0.214. The highest BCUT2D eigenvalue weighted by atomic mass is 16.2. The first-order valence-electron chi connectivity index (χ1n) is 13.0. The number of nitrogens with zero attached hydrogens (tertiary/aromatic N) is 5. The Hall–Kier alpha value is -2.61. The summed E-state index contributed by atoms with van der Waals surface area (Å²) in [6, 6.07) is 10.7. The second-order valence-corrected chi connectivity index (χ2v) is 10.1. The number of hydrogen-bond acceptors (Lipinski definition) is 5. The molecule has 34 heavy (non-hydrogen) atoms. The topological polar surface area (TPSA) is 78.3 Å². The number of piperazine rings is 1. The van der Waals surface area contributed by atoms with Crippen molar-refractivity contribution in [1.82, 2.24) is 30.4 Å². The van der Waals surface area contributed by atoms with Gasteiger partial charge in [-0.15, -0.1) is 10.2 Å². The maximum Gasteiger partial charge on any atom is 0.315 e. The van der Waals surface area contributed by atoms with E-state index in [1.165, 1.54) is 24.8 Å². The first kappa shape index (κ1) is 24.5. The fraction of sp³-hybridized carbons (Fsp3) is 0.654. The van der Waals surface area contributed by atoms with Gasteiger partial charge in [0.05, 0.1) is 6.04 Å². The van der Waals surface area contributed by atoms with Crippen LogP contribution < -0.4 is 15.6 Å². The number of benzene rings is 1. The summed E-state index contributed by atoms with van der Waals surface area (Å²) in [4.78, 5) is 15.3. The van der Waals surface area contributed by atoms with Gasteiger partial charge in [0.1, 0.15) is 5.82 Å². The Balaban J connectivity index is 1.31. The van der Waals surface area contributed by atoms with Gasteiger partial charge in [0.15, 0.2) is 5.82 Å². The smallest absolute Gasteiger partial charge is 0.315 e. The monoisotopic (exact) mass is 467 g/mol. The van der Waals surface area contributed by atoms with Gasteiger partial charge in [-0.2, -0.15) is 0 Å². The van der Waals surface area contributed by atoms with Crippen LogP contribution in [0.25, 0.3) is 0 Å². The van der Waals surface area contributed by atoms with Gasteiger partial charge in [-0.05, 0) is 31.7 Å². The van der Waals surface area contributed by atoms with Gasteiger partial charge in [-0.25, -0.2) is 9.47 Å². The molecule has 1 saturated carbocycles. The van der Waals surface area contributed by atoms with E-state index in [4.69, 9.17) is 0 Å². The fourth-order valence-corrected chi connectivity index (χ4v) is 5.20. The summed E-state index contributed by atoms with van der Waals surface area (Å²) in [6.45, 7) is 11.2. The maximum atomic E-state index is 12.8. The second-order valence-electron chi connectivity index (χ2n) is 10.1. The quantitative estimate of drug-likeness (QED) is 0.619. The molecule has 2 heterocycles. The fourth-order valence-electron chi connectivity index (χ4n) is 5.20. The van der Waals surface area contributed by atoms with Gasteiger partial charge >= 0.3 is 6.03 Å². The Morgan fingerprint density at radius 3 is 2.41 bits per heavy atom. The summed E-state index contributed by atoms with van der Waals surface area (Å²) in [5, 5.41) is 17.5. The number of aromatic nitrogens is 3. The van der Waals surface area contributed by atoms with Crippen LogP contribution in [0, 0.1) is 6.92 Å². The van der Waals surface area contributed by atoms with Crippen LogP contribution in [0.3, 0.4) is 0 Å². The highest BCUT2D eigenvalue weighted by Gasteiger charge is 2.24. The number of carbonyl (C=O) groups is 1. The summed E-state index contributed by atoms with van der Waals surface area (Å²) in [5.74, 6) is 2.33. The van der Waals surface area contributed by atoms with Crippen molar-refractivity contribution >= 4 is 6.03 Å². The molecule has 2 aromatic rings. The van der Waals surface area contributed by atoms with E-state index >= 15 is 0 Å². The third-order valence-electron chi connectivity index (χ3n) is 7.15. The lowest BCUT2D eigenvalue weighted by Gasteiger charge is -2.38. The average Bonchev–Trinajstić information content (AvgIpc) is 3.25. The van der Waals surface area contributed by atoms with Crippen molar-refractivity contribution in [1.29, 1.82) is 0 Å². The molecule has 1 aliphatic heterocycles. The molecule has 186 valence electrons. The van der Waals surface area contributed by atoms with Crippen molar-refractivity contribution in [3.63, 3.8) is 0 Å². The number of carbonyl (C=O) groups excluding carboxylic acids is 1. The average molecular weight is 468 g/mol. The van der Waals surface area contributed by atoms with E-state index < -0.39 is 0 Å². The molecule has 0 radical (unpaired) electrons. The number of urea groups is 1. The maximum absolute atomic E-state index is 12.8. The Bertz CT molecular complexity index is 899. The third kappa shape index (κ3) is 6.29. The molecule has 1 aromatic heterocycles. The number of nitrogens with one attached hydrogen (secondary N) is 2. The molecule has 8 heteroatoms. The minimum Gasteiger partial charge on any atom is -0.335 e. The number of aryl methyl sites for hydroxylation is 1. The van der Waals surface area contributed by atoms with Crippen molar-refractivity contribution in [2.24, 2.45) is 0 Å². The summed E-state index contributed by atoms with van der Waals surface area (Å²) < 4.78 is 2.20. The van der Waals surface area contributed by atoms with Gasteiger partial charge in [0.25, 0.3) is 0 Å². The molecule has 2 amide bonds. The van der Waals surface area contributed by atoms with Crippen LogP contribution in [0.15, 0.2) is 30.3 Å². The van der Waals surface area contributed by atoms with Crippen molar-refractivity contribution in [2.45, 2.75) is 77.3 Å². The third-order valence-corrected chi connectivity index (χ3v) is 7.15. The molecular weight excluding hydrogens is 426 g/mol. The van der Waals surface area contributed by atoms with E-state index in [2.05, 4.69) is 73.5 Å². The summed E-state index contributed by atoms with van der Waals surface area (Å²) in [7, 11) is 0. The molecule has 8 nitrogen and oxygen atoms in total. The van der Waals surface area contributed by atoms with E-state index in [0.717, 1.165) is 63.6 Å². The Morgan fingerprint density at radius 2 is 1.74 bits per heavy atom. The van der Waals surface area contributed by atoms with Gasteiger partial charge in [-0.3, -0.25) is 4.90 Å². The van der Waals surface area contributed by atoms with Crippen LogP contribution in [0.4, 0.5) is 4.79 Å². The first-order chi connectivity index (χ1) is 16.5. The van der Waals surface area contributed by atoms with Crippen molar-refractivity contribution < 1.29 is 4.79 Å².